The first-order valence-electron chi connectivity index (χ1n) is 3.34. The summed E-state index contributed by atoms with van der Waals surface area (Å²) in [6.07, 6.45) is 9.72. The summed E-state index contributed by atoms with van der Waals surface area (Å²) in [4.78, 5) is 0. The number of hydrogen-bond acceptors (Lipinski definition) is 2. The fraction of sp³-hybridized carbons (Fsp3) is 0.250. The van der Waals surface area contributed by atoms with Crippen molar-refractivity contribution in [3.63, 3.8) is 0 Å². The molecule has 2 rings (SSSR count). The minimum absolute atomic E-state index is 0.157. The van der Waals surface area contributed by atoms with Gasteiger partial charge in [0.15, 0.2) is 0 Å². The van der Waals surface area contributed by atoms with Gasteiger partial charge in [-0.2, -0.15) is 0 Å². The molecule has 0 radical (unpaired) electrons. The van der Waals surface area contributed by atoms with E-state index in [1.165, 1.54) is 0 Å². The summed E-state index contributed by atoms with van der Waals surface area (Å²) >= 11 is 0. The Hall–Kier alpha value is -1.18. The van der Waals surface area contributed by atoms with E-state index in [2.05, 4.69) is 0 Å². The number of fused-ring (bicyclic) bond motifs is 1. The Bertz CT molecular complexity index is 227. The Labute approximate surface area is 59.7 Å². The normalized spacial score (nSPS) is 35.0. The Morgan fingerprint density at radius 2 is 2.30 bits per heavy atom. The maximum atomic E-state index is 5.70. The van der Waals surface area contributed by atoms with Gasteiger partial charge in [0, 0.05) is 5.70 Å². The Morgan fingerprint density at radius 1 is 1.40 bits per heavy atom. The molecule has 0 aromatic rings. The van der Waals surface area contributed by atoms with Crippen molar-refractivity contribution in [1.29, 1.82) is 0 Å². The monoisotopic (exact) mass is 135 g/mol. The second-order valence-electron chi connectivity index (χ2n) is 2.51. The number of nitrogens with two attached hydrogens (primary N) is 1. The third-order valence-electron chi connectivity index (χ3n) is 1.85. The lowest BCUT2D eigenvalue weighted by Crippen LogP contribution is -2.22. The van der Waals surface area contributed by atoms with Crippen LogP contribution >= 0.6 is 0 Å². The van der Waals surface area contributed by atoms with Crippen LogP contribution in [0.3, 0.4) is 0 Å². The number of ether oxygens (including phenoxy) is 1. The van der Waals surface area contributed by atoms with Gasteiger partial charge in [-0.3, -0.25) is 0 Å². The van der Waals surface area contributed by atoms with Crippen molar-refractivity contribution in [2.24, 2.45) is 11.7 Å². The quantitative estimate of drug-likeness (QED) is 0.536. The second kappa shape index (κ2) is 1.90. The molecule has 0 aromatic heterocycles. The van der Waals surface area contributed by atoms with Crippen molar-refractivity contribution in [2.45, 2.75) is 6.10 Å². The van der Waals surface area contributed by atoms with Gasteiger partial charge in [0.2, 0.25) is 0 Å². The first-order valence-corrected chi connectivity index (χ1v) is 3.34. The third kappa shape index (κ3) is 0.652. The molecule has 2 atom stereocenters. The Balaban J connectivity index is 2.30. The van der Waals surface area contributed by atoms with Crippen molar-refractivity contribution < 1.29 is 4.74 Å². The van der Waals surface area contributed by atoms with Gasteiger partial charge >= 0.3 is 0 Å². The van der Waals surface area contributed by atoms with Gasteiger partial charge < -0.3 is 10.5 Å². The lowest BCUT2D eigenvalue weighted by atomic mass is 9.96. The van der Waals surface area contributed by atoms with E-state index >= 15 is 0 Å². The van der Waals surface area contributed by atoms with Crippen LogP contribution in [-0.2, 0) is 4.74 Å². The molecule has 2 aliphatic rings. The minimum atomic E-state index is 0.157. The zero-order valence-corrected chi connectivity index (χ0v) is 5.53. The van der Waals surface area contributed by atoms with Gasteiger partial charge in [-0.25, -0.2) is 0 Å². The summed E-state index contributed by atoms with van der Waals surface area (Å²) in [7, 11) is 0. The zero-order valence-electron chi connectivity index (χ0n) is 5.53. The van der Waals surface area contributed by atoms with Crippen LogP contribution in [0.5, 0.6) is 0 Å². The molecular weight excluding hydrogens is 126 g/mol. The molecule has 2 heteroatoms. The molecular formula is C8H9NO. The Morgan fingerprint density at radius 3 is 3.10 bits per heavy atom. The van der Waals surface area contributed by atoms with Crippen LogP contribution in [0, 0.1) is 5.92 Å². The summed E-state index contributed by atoms with van der Waals surface area (Å²) in [6.45, 7) is 0. The van der Waals surface area contributed by atoms with E-state index in [1.54, 1.807) is 6.26 Å². The molecule has 2 N–H and O–H groups in total. The smallest absolute Gasteiger partial charge is 0.128 e. The lowest BCUT2D eigenvalue weighted by Gasteiger charge is -2.17. The molecule has 2 nitrogen and oxygen atoms in total. The van der Waals surface area contributed by atoms with Gasteiger partial charge in [0.25, 0.3) is 0 Å². The highest BCUT2D eigenvalue weighted by molar-refractivity contribution is 5.27. The van der Waals surface area contributed by atoms with Gasteiger partial charge in [0.1, 0.15) is 6.10 Å². The van der Waals surface area contributed by atoms with Gasteiger partial charge in [-0.05, 0) is 18.2 Å². The molecule has 0 spiro atoms. The predicted octanol–water partition coefficient (Wildman–Crippen LogP) is 0.928. The van der Waals surface area contributed by atoms with Crippen LogP contribution in [0.2, 0.25) is 0 Å². The van der Waals surface area contributed by atoms with E-state index < -0.39 is 0 Å². The summed E-state index contributed by atoms with van der Waals surface area (Å²) in [6, 6.07) is 0. The SMILES string of the molecule is NC1=CC=CC2OC=CC12. The highest BCUT2D eigenvalue weighted by Crippen LogP contribution is 2.26. The van der Waals surface area contributed by atoms with E-state index in [0.29, 0.717) is 0 Å². The molecule has 0 saturated carbocycles. The van der Waals surface area contributed by atoms with Crippen molar-refractivity contribution in [1.82, 2.24) is 0 Å². The summed E-state index contributed by atoms with van der Waals surface area (Å²) in [5, 5.41) is 0. The van der Waals surface area contributed by atoms with Crippen LogP contribution in [0.25, 0.3) is 0 Å². The van der Waals surface area contributed by atoms with E-state index in [0.717, 1.165) is 5.70 Å². The molecule has 1 aliphatic carbocycles. The molecule has 0 fully saturated rings. The molecule has 0 bridgehead atoms. The van der Waals surface area contributed by atoms with Crippen molar-refractivity contribution in [2.75, 3.05) is 0 Å². The predicted molar refractivity (Wildman–Crippen MR) is 38.9 cm³/mol. The first kappa shape index (κ1) is 5.59. The number of rotatable bonds is 0. The van der Waals surface area contributed by atoms with E-state index in [4.69, 9.17) is 10.5 Å². The van der Waals surface area contributed by atoms with Crippen molar-refractivity contribution >= 4 is 0 Å². The van der Waals surface area contributed by atoms with Crippen LogP contribution in [0.15, 0.2) is 36.3 Å². The minimum Gasteiger partial charge on any atom is -0.493 e. The molecule has 0 amide bonds. The lowest BCUT2D eigenvalue weighted by molar-refractivity contribution is 0.188. The maximum absolute atomic E-state index is 5.70. The highest BCUT2D eigenvalue weighted by atomic mass is 16.5. The molecule has 0 saturated heterocycles. The van der Waals surface area contributed by atoms with Gasteiger partial charge in [0.05, 0.1) is 12.2 Å². The second-order valence-corrected chi connectivity index (χ2v) is 2.51. The maximum Gasteiger partial charge on any atom is 0.128 e. The van der Waals surface area contributed by atoms with E-state index in [9.17, 15) is 0 Å². The number of allylic oxidation sites excluding steroid dienone is 2. The van der Waals surface area contributed by atoms with E-state index in [1.807, 2.05) is 24.3 Å². The highest BCUT2D eigenvalue weighted by Gasteiger charge is 2.25. The topological polar surface area (TPSA) is 35.2 Å². The zero-order chi connectivity index (χ0) is 6.97. The molecule has 10 heavy (non-hydrogen) atoms. The Kier molecular flexibility index (Phi) is 1.07. The van der Waals surface area contributed by atoms with Crippen molar-refractivity contribution in [3.8, 4) is 0 Å². The standard InChI is InChI=1S/C8H9NO/c9-7-2-1-3-8-6(7)4-5-10-8/h1-6,8H,9H2. The molecule has 1 heterocycles. The fourth-order valence-electron chi connectivity index (χ4n) is 1.27. The third-order valence-corrected chi connectivity index (χ3v) is 1.85. The molecule has 1 aliphatic heterocycles. The summed E-state index contributed by atoms with van der Waals surface area (Å²) in [5.74, 6) is 0.282. The van der Waals surface area contributed by atoms with Crippen LogP contribution in [0.4, 0.5) is 0 Å². The van der Waals surface area contributed by atoms with Crippen molar-refractivity contribution in [3.05, 3.63) is 36.3 Å². The fourth-order valence-corrected chi connectivity index (χ4v) is 1.27. The average Bonchev–Trinajstić information content (AvgIpc) is 2.36. The van der Waals surface area contributed by atoms with Gasteiger partial charge in [-0.15, -0.1) is 0 Å². The largest absolute Gasteiger partial charge is 0.493 e. The summed E-state index contributed by atoms with van der Waals surface area (Å²) < 4.78 is 5.24. The molecule has 52 valence electrons. The van der Waals surface area contributed by atoms with Crippen LogP contribution in [0.1, 0.15) is 0 Å². The number of hydrogen-bond donors (Lipinski definition) is 1. The van der Waals surface area contributed by atoms with Crippen LogP contribution in [-0.4, -0.2) is 6.10 Å². The van der Waals surface area contributed by atoms with Gasteiger partial charge in [-0.1, -0.05) is 6.08 Å². The average molecular weight is 135 g/mol. The summed E-state index contributed by atoms with van der Waals surface area (Å²) in [5.41, 5.74) is 6.59. The first-order chi connectivity index (χ1) is 4.88. The van der Waals surface area contributed by atoms with E-state index in [-0.39, 0.29) is 12.0 Å². The van der Waals surface area contributed by atoms with Crippen LogP contribution < -0.4 is 5.73 Å². The molecule has 2 unspecified atom stereocenters. The molecule has 0 aromatic carbocycles.